The number of amides is 1. The first-order chi connectivity index (χ1) is 12.5. The number of carbonyl (C=O) groups excluding carboxylic acids is 1. The Morgan fingerprint density at radius 1 is 1.27 bits per heavy atom. The summed E-state index contributed by atoms with van der Waals surface area (Å²) in [6.07, 6.45) is 0.866. The van der Waals surface area contributed by atoms with Crippen molar-refractivity contribution < 1.29 is 28.9 Å². The second-order valence-electron chi connectivity index (χ2n) is 6.28. The third-order valence-corrected chi connectivity index (χ3v) is 4.15. The molecular weight excluding hydrogens is 338 g/mol. The summed E-state index contributed by atoms with van der Waals surface area (Å²) in [5.74, 6) is -0.312. The van der Waals surface area contributed by atoms with Gasteiger partial charge in [-0.05, 0) is 31.0 Å². The van der Waals surface area contributed by atoms with E-state index in [1.807, 2.05) is 19.1 Å². The van der Waals surface area contributed by atoms with Crippen LogP contribution in [0.1, 0.15) is 25.8 Å². The van der Waals surface area contributed by atoms with Crippen LogP contribution < -0.4 is 9.47 Å². The number of fused-ring (bicyclic) bond motifs is 1. The molecule has 26 heavy (non-hydrogen) atoms. The van der Waals surface area contributed by atoms with Gasteiger partial charge in [0.15, 0.2) is 11.5 Å². The minimum atomic E-state index is -0.910. The zero-order valence-electron chi connectivity index (χ0n) is 15.4. The van der Waals surface area contributed by atoms with Crippen molar-refractivity contribution in [2.24, 2.45) is 5.92 Å². The van der Waals surface area contributed by atoms with Crippen LogP contribution in [0.15, 0.2) is 18.2 Å². The van der Waals surface area contributed by atoms with Gasteiger partial charge in [0.05, 0.1) is 12.3 Å². The number of carbonyl (C=O) groups is 2. The van der Waals surface area contributed by atoms with E-state index in [1.165, 1.54) is 0 Å². The van der Waals surface area contributed by atoms with Gasteiger partial charge in [-0.2, -0.15) is 0 Å². The number of ether oxygens (including phenoxy) is 3. The van der Waals surface area contributed by atoms with Gasteiger partial charge in [0.1, 0.15) is 13.2 Å². The maximum Gasteiger partial charge on any atom is 0.308 e. The Morgan fingerprint density at radius 3 is 2.69 bits per heavy atom. The maximum absolute atomic E-state index is 12.7. The van der Waals surface area contributed by atoms with Crippen molar-refractivity contribution in [3.05, 3.63) is 23.8 Å². The van der Waals surface area contributed by atoms with Crippen LogP contribution in [0.5, 0.6) is 11.5 Å². The number of benzene rings is 1. The van der Waals surface area contributed by atoms with Gasteiger partial charge in [-0.3, -0.25) is 9.59 Å². The van der Waals surface area contributed by atoms with E-state index in [1.54, 1.807) is 17.9 Å². The van der Waals surface area contributed by atoms with E-state index >= 15 is 0 Å². The van der Waals surface area contributed by atoms with Crippen molar-refractivity contribution in [2.45, 2.75) is 26.7 Å². The molecule has 2 rings (SSSR count). The van der Waals surface area contributed by atoms with Crippen LogP contribution in [0.25, 0.3) is 0 Å². The lowest BCUT2D eigenvalue weighted by Gasteiger charge is -2.25. The van der Waals surface area contributed by atoms with Crippen molar-refractivity contribution in [3.63, 3.8) is 0 Å². The van der Waals surface area contributed by atoms with Crippen molar-refractivity contribution in [3.8, 4) is 11.5 Å². The minimum Gasteiger partial charge on any atom is -0.486 e. The standard InChI is InChI=1S/C19H27NO6/c1-3-24-8-4-7-20(13-14(2)19(22)23)18(21)12-15-5-6-16-17(11-15)26-10-9-25-16/h5-6,11,14H,3-4,7-10,12-13H2,1-2H3,(H,22,23). The highest BCUT2D eigenvalue weighted by Gasteiger charge is 2.21. The number of aliphatic carboxylic acids is 1. The zero-order chi connectivity index (χ0) is 18.9. The van der Waals surface area contributed by atoms with Crippen molar-refractivity contribution in [2.75, 3.05) is 39.5 Å². The van der Waals surface area contributed by atoms with Gasteiger partial charge in [0.2, 0.25) is 5.91 Å². The van der Waals surface area contributed by atoms with Gasteiger partial charge >= 0.3 is 5.97 Å². The highest BCUT2D eigenvalue weighted by molar-refractivity contribution is 5.80. The molecule has 0 spiro atoms. The molecule has 0 radical (unpaired) electrons. The summed E-state index contributed by atoms with van der Waals surface area (Å²) in [6.45, 7) is 6.36. The lowest BCUT2D eigenvalue weighted by atomic mass is 10.1. The fourth-order valence-electron chi connectivity index (χ4n) is 2.71. The van der Waals surface area contributed by atoms with Gasteiger partial charge < -0.3 is 24.2 Å². The number of nitrogens with zero attached hydrogens (tertiary/aromatic N) is 1. The number of rotatable bonds is 10. The Kier molecular flexibility index (Phi) is 7.72. The van der Waals surface area contributed by atoms with Crippen molar-refractivity contribution in [1.82, 2.24) is 4.90 Å². The fourth-order valence-corrected chi connectivity index (χ4v) is 2.71. The summed E-state index contributed by atoms with van der Waals surface area (Å²) < 4.78 is 16.3. The lowest BCUT2D eigenvalue weighted by molar-refractivity contribution is -0.143. The largest absolute Gasteiger partial charge is 0.486 e. The van der Waals surface area contributed by atoms with Crippen LogP contribution in [0.3, 0.4) is 0 Å². The average Bonchev–Trinajstić information content (AvgIpc) is 2.63. The molecule has 1 atom stereocenters. The molecule has 0 aliphatic carbocycles. The second-order valence-corrected chi connectivity index (χ2v) is 6.28. The summed E-state index contributed by atoms with van der Waals surface area (Å²) in [5.41, 5.74) is 0.817. The quantitative estimate of drug-likeness (QED) is 0.638. The van der Waals surface area contributed by atoms with Crippen LogP contribution in [0.2, 0.25) is 0 Å². The first kappa shape index (κ1) is 20.0. The molecule has 7 nitrogen and oxygen atoms in total. The maximum atomic E-state index is 12.7. The topological polar surface area (TPSA) is 85.3 Å². The van der Waals surface area contributed by atoms with Gasteiger partial charge in [0, 0.05) is 26.3 Å². The average molecular weight is 365 g/mol. The van der Waals surface area contributed by atoms with Crippen LogP contribution >= 0.6 is 0 Å². The molecule has 1 unspecified atom stereocenters. The van der Waals surface area contributed by atoms with Gasteiger partial charge in [0.25, 0.3) is 0 Å². The SMILES string of the molecule is CCOCCCN(CC(C)C(=O)O)C(=O)Cc1ccc2c(c1)OCCO2. The molecule has 0 saturated heterocycles. The highest BCUT2D eigenvalue weighted by Crippen LogP contribution is 2.31. The van der Waals surface area contributed by atoms with Gasteiger partial charge in [-0.25, -0.2) is 0 Å². The molecule has 1 N–H and O–H groups in total. The number of hydrogen-bond acceptors (Lipinski definition) is 5. The molecular formula is C19H27NO6. The first-order valence-corrected chi connectivity index (χ1v) is 8.98. The number of hydrogen-bond donors (Lipinski definition) is 1. The Hall–Kier alpha value is -2.28. The molecule has 1 aliphatic rings. The summed E-state index contributed by atoms with van der Waals surface area (Å²) in [5, 5.41) is 9.15. The van der Waals surface area contributed by atoms with Crippen LogP contribution in [0, 0.1) is 5.92 Å². The Balaban J connectivity index is 2.00. The van der Waals surface area contributed by atoms with Crippen LogP contribution in [-0.4, -0.2) is 61.4 Å². The first-order valence-electron chi connectivity index (χ1n) is 8.98. The lowest BCUT2D eigenvalue weighted by Crippen LogP contribution is -2.38. The molecule has 1 aromatic carbocycles. The summed E-state index contributed by atoms with van der Waals surface area (Å²) in [7, 11) is 0. The monoisotopic (exact) mass is 365 g/mol. The Bertz CT molecular complexity index is 618. The van der Waals surface area contributed by atoms with Crippen molar-refractivity contribution >= 4 is 11.9 Å². The minimum absolute atomic E-state index is 0.105. The van der Waals surface area contributed by atoms with E-state index in [-0.39, 0.29) is 18.9 Å². The van der Waals surface area contributed by atoms with Crippen molar-refractivity contribution in [1.29, 1.82) is 0 Å². The third-order valence-electron chi connectivity index (χ3n) is 4.15. The van der Waals surface area contributed by atoms with Gasteiger partial charge in [-0.1, -0.05) is 13.0 Å². The predicted octanol–water partition coefficient (Wildman–Crippen LogP) is 1.98. The second kappa shape index (κ2) is 10.0. The Morgan fingerprint density at radius 2 is 2.00 bits per heavy atom. The molecule has 1 aliphatic heterocycles. The molecule has 0 saturated carbocycles. The Labute approximate surface area is 153 Å². The third kappa shape index (κ3) is 5.91. The van der Waals surface area contributed by atoms with E-state index in [9.17, 15) is 9.59 Å². The highest BCUT2D eigenvalue weighted by atomic mass is 16.6. The number of carboxylic acids is 1. The normalized spacial score (nSPS) is 13.9. The van der Waals surface area contributed by atoms with E-state index in [0.29, 0.717) is 50.9 Å². The van der Waals surface area contributed by atoms with E-state index in [0.717, 1.165) is 5.56 Å². The predicted molar refractivity (Wildman–Crippen MR) is 95.6 cm³/mol. The summed E-state index contributed by atoms with van der Waals surface area (Å²) in [4.78, 5) is 25.5. The molecule has 7 heteroatoms. The van der Waals surface area contributed by atoms with Gasteiger partial charge in [-0.15, -0.1) is 0 Å². The molecule has 144 valence electrons. The molecule has 1 amide bonds. The molecule has 0 aromatic heterocycles. The number of carboxylic acid groups (broad SMARTS) is 1. The van der Waals surface area contributed by atoms with E-state index < -0.39 is 11.9 Å². The molecule has 1 aromatic rings. The van der Waals surface area contributed by atoms with E-state index in [2.05, 4.69) is 0 Å². The van der Waals surface area contributed by atoms with Crippen LogP contribution in [0.4, 0.5) is 0 Å². The molecule has 0 bridgehead atoms. The molecule has 0 fully saturated rings. The smallest absolute Gasteiger partial charge is 0.308 e. The summed E-state index contributed by atoms with van der Waals surface area (Å²) in [6, 6.07) is 5.45. The van der Waals surface area contributed by atoms with E-state index in [4.69, 9.17) is 19.3 Å². The molecule has 1 heterocycles. The van der Waals surface area contributed by atoms with Crippen LogP contribution in [-0.2, 0) is 20.7 Å². The fraction of sp³-hybridized carbons (Fsp3) is 0.579. The zero-order valence-corrected chi connectivity index (χ0v) is 15.4. The summed E-state index contributed by atoms with van der Waals surface area (Å²) >= 11 is 0.